The predicted molar refractivity (Wildman–Crippen MR) is 99.9 cm³/mol. The number of aliphatic hydroxyl groups excluding tert-OH is 1. The number of amides is 1. The Balaban J connectivity index is 1.90. The number of hydrogen-bond acceptors (Lipinski definition) is 4. The fourth-order valence-electron chi connectivity index (χ4n) is 2.75. The first-order valence-electron chi connectivity index (χ1n) is 8.26. The van der Waals surface area contributed by atoms with Gasteiger partial charge in [0.25, 0.3) is 5.91 Å². The van der Waals surface area contributed by atoms with E-state index in [-0.39, 0.29) is 11.8 Å². The van der Waals surface area contributed by atoms with E-state index in [9.17, 15) is 9.90 Å². The molecule has 3 rings (SSSR count). The number of benzene rings is 2. The van der Waals surface area contributed by atoms with Gasteiger partial charge in [0.05, 0.1) is 17.7 Å². The molecule has 6 heteroatoms. The van der Waals surface area contributed by atoms with Crippen LogP contribution in [-0.2, 0) is 0 Å². The first-order chi connectivity index (χ1) is 12.5. The van der Waals surface area contributed by atoms with Crippen LogP contribution in [0.15, 0.2) is 59.1 Å². The molecule has 2 aromatic carbocycles. The summed E-state index contributed by atoms with van der Waals surface area (Å²) in [5.74, 6) is -0.419. The molecule has 0 bridgehead atoms. The van der Waals surface area contributed by atoms with Crippen molar-refractivity contribution in [2.24, 2.45) is 0 Å². The Kier molecular flexibility index (Phi) is 5.40. The normalized spacial score (nSPS) is 13.2. The van der Waals surface area contributed by atoms with Crippen LogP contribution < -0.4 is 5.32 Å². The smallest absolute Gasteiger partial charge is 0.290 e. The van der Waals surface area contributed by atoms with Gasteiger partial charge in [-0.3, -0.25) is 4.79 Å². The van der Waals surface area contributed by atoms with Gasteiger partial charge in [-0.1, -0.05) is 59.2 Å². The minimum absolute atomic E-state index is 0.00716. The zero-order valence-corrected chi connectivity index (χ0v) is 15.2. The first-order valence-corrected chi connectivity index (χ1v) is 8.64. The van der Waals surface area contributed by atoms with Crippen molar-refractivity contribution in [1.82, 2.24) is 10.5 Å². The van der Waals surface area contributed by atoms with Crippen molar-refractivity contribution >= 4 is 17.5 Å². The molecule has 134 valence electrons. The van der Waals surface area contributed by atoms with Crippen LogP contribution in [0.2, 0.25) is 5.02 Å². The number of carbonyl (C=O) groups excluding carboxylic acids is 1. The zero-order valence-electron chi connectivity index (χ0n) is 14.4. The summed E-state index contributed by atoms with van der Waals surface area (Å²) in [5.41, 5.74) is 2.46. The molecule has 2 N–H and O–H groups in total. The summed E-state index contributed by atoms with van der Waals surface area (Å²) in [6, 6.07) is 16.3. The lowest BCUT2D eigenvalue weighted by atomic mass is 10.0. The van der Waals surface area contributed by atoms with Gasteiger partial charge in [0.1, 0.15) is 5.69 Å². The van der Waals surface area contributed by atoms with Crippen LogP contribution in [0.5, 0.6) is 0 Å². The van der Waals surface area contributed by atoms with E-state index >= 15 is 0 Å². The summed E-state index contributed by atoms with van der Waals surface area (Å²) in [6.07, 6.45) is -0.917. The molecule has 0 aliphatic rings. The van der Waals surface area contributed by atoms with E-state index in [2.05, 4.69) is 10.5 Å². The molecule has 0 spiro atoms. The largest absolute Gasteiger partial charge is 0.388 e. The minimum atomic E-state index is -0.917. The molecule has 26 heavy (non-hydrogen) atoms. The molecule has 0 saturated carbocycles. The number of hydrogen-bond donors (Lipinski definition) is 2. The molecule has 3 aromatic rings. The zero-order chi connectivity index (χ0) is 18.7. The third kappa shape index (κ3) is 3.79. The highest BCUT2D eigenvalue weighted by molar-refractivity contribution is 6.30. The van der Waals surface area contributed by atoms with E-state index in [1.165, 1.54) is 0 Å². The van der Waals surface area contributed by atoms with Crippen molar-refractivity contribution in [3.8, 4) is 11.3 Å². The molecular weight excluding hydrogens is 352 g/mol. The van der Waals surface area contributed by atoms with E-state index in [1.807, 2.05) is 37.3 Å². The molecular formula is C20H19ClN2O3. The Labute approximate surface area is 156 Å². The molecule has 0 saturated heterocycles. The maximum absolute atomic E-state index is 12.7. The van der Waals surface area contributed by atoms with E-state index in [4.69, 9.17) is 16.1 Å². The molecule has 1 aromatic heterocycles. The highest BCUT2D eigenvalue weighted by Crippen LogP contribution is 2.31. The summed E-state index contributed by atoms with van der Waals surface area (Å²) >= 11 is 5.92. The fourth-order valence-corrected chi connectivity index (χ4v) is 2.88. The second-order valence-corrected chi connectivity index (χ2v) is 6.50. The maximum Gasteiger partial charge on any atom is 0.290 e. The van der Waals surface area contributed by atoms with Crippen molar-refractivity contribution in [2.75, 3.05) is 0 Å². The lowest BCUT2D eigenvalue weighted by Crippen LogP contribution is -2.27. The van der Waals surface area contributed by atoms with Gasteiger partial charge in [-0.05, 0) is 31.5 Å². The molecule has 0 aliphatic heterocycles. The second-order valence-electron chi connectivity index (χ2n) is 6.06. The molecule has 0 fully saturated rings. The molecule has 2 atom stereocenters. The number of nitrogens with zero attached hydrogens (tertiary/aromatic N) is 1. The van der Waals surface area contributed by atoms with Crippen LogP contribution in [-0.4, -0.2) is 16.2 Å². The van der Waals surface area contributed by atoms with Gasteiger partial charge in [0.15, 0.2) is 0 Å². The van der Waals surface area contributed by atoms with Crippen molar-refractivity contribution in [3.63, 3.8) is 0 Å². The Morgan fingerprint density at radius 1 is 1.12 bits per heavy atom. The molecule has 0 unspecified atom stereocenters. The van der Waals surface area contributed by atoms with Crippen molar-refractivity contribution < 1.29 is 14.4 Å². The van der Waals surface area contributed by atoms with Crippen LogP contribution in [0, 0.1) is 0 Å². The topological polar surface area (TPSA) is 75.4 Å². The third-order valence-electron chi connectivity index (χ3n) is 4.12. The van der Waals surface area contributed by atoms with Crippen molar-refractivity contribution in [1.29, 1.82) is 0 Å². The van der Waals surface area contributed by atoms with Crippen molar-refractivity contribution in [2.45, 2.75) is 26.0 Å². The molecule has 1 heterocycles. The van der Waals surface area contributed by atoms with E-state index < -0.39 is 12.0 Å². The van der Waals surface area contributed by atoms with E-state index in [0.717, 1.165) is 5.56 Å². The second kappa shape index (κ2) is 7.72. The highest BCUT2D eigenvalue weighted by Gasteiger charge is 2.27. The average molecular weight is 371 g/mol. The van der Waals surface area contributed by atoms with Gasteiger partial charge < -0.3 is 14.9 Å². The predicted octanol–water partition coefficient (Wildman–Crippen LogP) is 4.54. The van der Waals surface area contributed by atoms with Gasteiger partial charge in [0.2, 0.25) is 5.76 Å². The van der Waals surface area contributed by atoms with Gasteiger partial charge in [-0.25, -0.2) is 0 Å². The lowest BCUT2D eigenvalue weighted by Gasteiger charge is -2.14. The van der Waals surface area contributed by atoms with Crippen molar-refractivity contribution in [3.05, 3.63) is 76.5 Å². The summed E-state index contributed by atoms with van der Waals surface area (Å²) in [5, 5.41) is 17.6. The Morgan fingerprint density at radius 2 is 1.77 bits per heavy atom. The first kappa shape index (κ1) is 18.2. The van der Waals surface area contributed by atoms with Crippen LogP contribution in [0.25, 0.3) is 11.3 Å². The minimum Gasteiger partial charge on any atom is -0.388 e. The summed E-state index contributed by atoms with van der Waals surface area (Å²) in [7, 11) is 0. The number of nitrogens with one attached hydrogen (secondary N) is 1. The van der Waals surface area contributed by atoms with Gasteiger partial charge in [-0.2, -0.15) is 0 Å². The van der Waals surface area contributed by atoms with Gasteiger partial charge >= 0.3 is 0 Å². The Hall–Kier alpha value is -2.63. The number of halogens is 1. The van der Waals surface area contributed by atoms with Gasteiger partial charge in [-0.15, -0.1) is 0 Å². The number of carbonyl (C=O) groups is 1. The third-order valence-corrected chi connectivity index (χ3v) is 4.37. The number of aliphatic hydroxyl groups is 1. The van der Waals surface area contributed by atoms with Gasteiger partial charge in [0, 0.05) is 10.6 Å². The molecule has 5 nitrogen and oxygen atoms in total. The van der Waals surface area contributed by atoms with Crippen LogP contribution in [0.3, 0.4) is 0 Å². The quantitative estimate of drug-likeness (QED) is 0.691. The number of aromatic nitrogens is 1. The number of rotatable bonds is 5. The summed E-state index contributed by atoms with van der Waals surface area (Å²) in [6.45, 7) is 3.45. The van der Waals surface area contributed by atoms with Crippen LogP contribution in [0.1, 0.15) is 47.7 Å². The molecule has 0 radical (unpaired) electrons. The SMILES string of the molecule is C[C@H](O)c1c(-c2ccc(Cl)cc2)noc1C(=O)N[C@H](C)c1ccccc1. The summed E-state index contributed by atoms with van der Waals surface area (Å²) in [4.78, 5) is 12.7. The standard InChI is InChI=1S/C20H19ClN2O3/c1-12(14-6-4-3-5-7-14)22-20(25)19-17(13(2)24)18(23-26-19)15-8-10-16(21)11-9-15/h3-13,24H,1-2H3,(H,22,25)/t12-,13+/m1/s1. The monoisotopic (exact) mass is 370 g/mol. The Bertz CT molecular complexity index is 889. The van der Waals surface area contributed by atoms with Crippen LogP contribution >= 0.6 is 11.6 Å². The lowest BCUT2D eigenvalue weighted by molar-refractivity contribution is 0.0894. The molecule has 1 amide bonds. The Morgan fingerprint density at radius 3 is 2.38 bits per heavy atom. The maximum atomic E-state index is 12.7. The van der Waals surface area contributed by atoms with E-state index in [1.54, 1.807) is 31.2 Å². The molecule has 0 aliphatic carbocycles. The van der Waals surface area contributed by atoms with Crippen LogP contribution in [0.4, 0.5) is 0 Å². The fraction of sp³-hybridized carbons (Fsp3) is 0.200. The highest BCUT2D eigenvalue weighted by atomic mass is 35.5. The van der Waals surface area contributed by atoms with E-state index in [0.29, 0.717) is 21.8 Å². The average Bonchev–Trinajstić information content (AvgIpc) is 3.08. The summed E-state index contributed by atoms with van der Waals surface area (Å²) < 4.78 is 5.29.